The van der Waals surface area contributed by atoms with Crippen LogP contribution in [0.25, 0.3) is 0 Å². The highest BCUT2D eigenvalue weighted by Gasteiger charge is 2.18. The van der Waals surface area contributed by atoms with Crippen molar-refractivity contribution in [1.29, 1.82) is 0 Å². The monoisotopic (exact) mass is 253 g/mol. The van der Waals surface area contributed by atoms with Crippen LogP contribution in [0.15, 0.2) is 18.2 Å². The Morgan fingerprint density at radius 2 is 1.83 bits per heavy atom. The highest BCUT2D eigenvalue weighted by Crippen LogP contribution is 2.30. The second-order valence-corrected chi connectivity index (χ2v) is 4.82. The van der Waals surface area contributed by atoms with Crippen molar-refractivity contribution in [2.75, 3.05) is 27.9 Å². The van der Waals surface area contributed by atoms with Gasteiger partial charge >= 0.3 is 0 Å². The Morgan fingerprint density at radius 1 is 1.11 bits per heavy atom. The van der Waals surface area contributed by atoms with Crippen LogP contribution in [0.1, 0.15) is 19.4 Å². The summed E-state index contributed by atoms with van der Waals surface area (Å²) < 4.78 is 15.9. The molecule has 0 unspecified atom stereocenters. The van der Waals surface area contributed by atoms with Gasteiger partial charge in [-0.15, -0.1) is 0 Å². The maximum atomic E-state index is 5.40. The number of rotatable bonds is 7. The van der Waals surface area contributed by atoms with Gasteiger partial charge in [-0.1, -0.05) is 12.1 Å². The van der Waals surface area contributed by atoms with Crippen molar-refractivity contribution >= 4 is 0 Å². The topological polar surface area (TPSA) is 39.7 Å². The summed E-state index contributed by atoms with van der Waals surface area (Å²) in [6.45, 7) is 5.56. The third-order valence-electron chi connectivity index (χ3n) is 2.75. The van der Waals surface area contributed by atoms with Crippen LogP contribution in [0, 0.1) is 0 Å². The maximum Gasteiger partial charge on any atom is 0.165 e. The molecule has 0 saturated heterocycles. The van der Waals surface area contributed by atoms with Gasteiger partial charge in [-0.3, -0.25) is 0 Å². The fraction of sp³-hybridized carbons (Fsp3) is 0.571. The molecule has 0 aliphatic carbocycles. The quantitative estimate of drug-likeness (QED) is 0.809. The Kier molecular flexibility index (Phi) is 5.44. The molecule has 0 radical (unpaired) electrons. The van der Waals surface area contributed by atoms with Crippen LogP contribution >= 0.6 is 0 Å². The summed E-state index contributed by atoms with van der Waals surface area (Å²) in [5.74, 6) is 1.53. The first-order valence-corrected chi connectivity index (χ1v) is 5.98. The van der Waals surface area contributed by atoms with Gasteiger partial charge in [-0.05, 0) is 19.9 Å². The van der Waals surface area contributed by atoms with Crippen LogP contribution in [0.3, 0.4) is 0 Å². The smallest absolute Gasteiger partial charge is 0.165 e. The highest BCUT2D eigenvalue weighted by molar-refractivity contribution is 5.46. The van der Waals surface area contributed by atoms with Gasteiger partial charge in [0.2, 0.25) is 0 Å². The Balaban J connectivity index is 2.78. The summed E-state index contributed by atoms with van der Waals surface area (Å²) in [5, 5.41) is 3.44. The minimum absolute atomic E-state index is 0.0805. The van der Waals surface area contributed by atoms with Crippen molar-refractivity contribution in [2.24, 2.45) is 0 Å². The van der Waals surface area contributed by atoms with Crippen LogP contribution in [0.5, 0.6) is 11.5 Å². The molecule has 1 N–H and O–H groups in total. The van der Waals surface area contributed by atoms with E-state index in [1.54, 1.807) is 21.3 Å². The molecule has 0 fully saturated rings. The predicted molar refractivity (Wildman–Crippen MR) is 72.3 cm³/mol. The van der Waals surface area contributed by atoms with E-state index in [1.807, 2.05) is 18.2 Å². The molecule has 0 aliphatic rings. The molecule has 0 heterocycles. The standard InChI is InChI=1S/C14H23NO3/c1-14(2,10-16-3)15-9-11-7-6-8-12(17-4)13(11)18-5/h6-8,15H,9-10H2,1-5H3. The van der Waals surface area contributed by atoms with E-state index in [9.17, 15) is 0 Å². The van der Waals surface area contributed by atoms with E-state index in [1.165, 1.54) is 0 Å². The van der Waals surface area contributed by atoms with Gasteiger partial charge in [-0.25, -0.2) is 0 Å². The van der Waals surface area contributed by atoms with E-state index < -0.39 is 0 Å². The van der Waals surface area contributed by atoms with E-state index in [0.717, 1.165) is 17.1 Å². The molecule has 1 aromatic rings. The lowest BCUT2D eigenvalue weighted by Crippen LogP contribution is -2.42. The lowest BCUT2D eigenvalue weighted by molar-refractivity contribution is 0.127. The van der Waals surface area contributed by atoms with Gasteiger partial charge < -0.3 is 19.5 Å². The van der Waals surface area contributed by atoms with Gasteiger partial charge in [0.25, 0.3) is 0 Å². The summed E-state index contributed by atoms with van der Waals surface area (Å²) in [5.41, 5.74) is 0.990. The first-order chi connectivity index (χ1) is 8.54. The van der Waals surface area contributed by atoms with Crippen molar-refractivity contribution in [2.45, 2.75) is 25.9 Å². The van der Waals surface area contributed by atoms with Crippen molar-refractivity contribution in [3.8, 4) is 11.5 Å². The number of para-hydroxylation sites is 1. The zero-order chi connectivity index (χ0) is 13.6. The SMILES string of the molecule is COCC(C)(C)NCc1cccc(OC)c1OC. The van der Waals surface area contributed by atoms with Crippen LogP contribution in [0.2, 0.25) is 0 Å². The number of benzene rings is 1. The summed E-state index contributed by atoms with van der Waals surface area (Å²) in [6.07, 6.45) is 0. The molecular formula is C14H23NO3. The van der Waals surface area contributed by atoms with E-state index in [4.69, 9.17) is 14.2 Å². The molecule has 0 saturated carbocycles. The zero-order valence-electron chi connectivity index (χ0n) is 11.9. The molecule has 0 aliphatic heterocycles. The molecule has 0 aromatic heterocycles. The van der Waals surface area contributed by atoms with Gasteiger partial charge in [0, 0.05) is 24.8 Å². The first kappa shape index (κ1) is 14.8. The van der Waals surface area contributed by atoms with E-state index in [-0.39, 0.29) is 5.54 Å². The molecule has 1 aromatic carbocycles. The Labute approximate surface area is 109 Å². The molecule has 4 heteroatoms. The van der Waals surface area contributed by atoms with E-state index in [2.05, 4.69) is 19.2 Å². The van der Waals surface area contributed by atoms with Gasteiger partial charge in [0.1, 0.15) is 0 Å². The van der Waals surface area contributed by atoms with E-state index in [0.29, 0.717) is 13.2 Å². The third kappa shape index (κ3) is 3.89. The molecule has 0 spiro atoms. The number of ether oxygens (including phenoxy) is 3. The summed E-state index contributed by atoms with van der Waals surface area (Å²) in [7, 11) is 5.00. The molecule has 0 bridgehead atoms. The van der Waals surface area contributed by atoms with Crippen LogP contribution in [-0.4, -0.2) is 33.5 Å². The lowest BCUT2D eigenvalue weighted by Gasteiger charge is -2.26. The normalized spacial score (nSPS) is 11.4. The summed E-state index contributed by atoms with van der Waals surface area (Å²) in [6, 6.07) is 5.88. The molecule has 102 valence electrons. The van der Waals surface area contributed by atoms with Crippen LogP contribution in [-0.2, 0) is 11.3 Å². The Morgan fingerprint density at radius 3 is 2.39 bits per heavy atom. The van der Waals surface area contributed by atoms with Crippen molar-refractivity contribution in [3.05, 3.63) is 23.8 Å². The second-order valence-electron chi connectivity index (χ2n) is 4.82. The molecule has 0 amide bonds. The molecule has 0 atom stereocenters. The average Bonchev–Trinajstić information content (AvgIpc) is 2.35. The number of hydrogen-bond acceptors (Lipinski definition) is 4. The predicted octanol–water partition coefficient (Wildman–Crippen LogP) is 2.22. The first-order valence-electron chi connectivity index (χ1n) is 5.98. The Bertz CT molecular complexity index is 377. The molecule has 4 nitrogen and oxygen atoms in total. The summed E-state index contributed by atoms with van der Waals surface area (Å²) >= 11 is 0. The average molecular weight is 253 g/mol. The fourth-order valence-corrected chi connectivity index (χ4v) is 1.84. The number of methoxy groups -OCH3 is 3. The Hall–Kier alpha value is -1.26. The number of hydrogen-bond donors (Lipinski definition) is 1. The minimum atomic E-state index is -0.0805. The second kappa shape index (κ2) is 6.61. The zero-order valence-corrected chi connectivity index (χ0v) is 11.9. The third-order valence-corrected chi connectivity index (χ3v) is 2.75. The maximum absolute atomic E-state index is 5.40. The highest BCUT2D eigenvalue weighted by atomic mass is 16.5. The van der Waals surface area contributed by atoms with Gasteiger partial charge in [-0.2, -0.15) is 0 Å². The van der Waals surface area contributed by atoms with Crippen molar-refractivity contribution in [1.82, 2.24) is 5.32 Å². The van der Waals surface area contributed by atoms with E-state index >= 15 is 0 Å². The van der Waals surface area contributed by atoms with Gasteiger partial charge in [0.15, 0.2) is 11.5 Å². The summed E-state index contributed by atoms with van der Waals surface area (Å²) in [4.78, 5) is 0. The van der Waals surface area contributed by atoms with Gasteiger partial charge in [0.05, 0.1) is 20.8 Å². The molecule has 18 heavy (non-hydrogen) atoms. The van der Waals surface area contributed by atoms with Crippen molar-refractivity contribution in [3.63, 3.8) is 0 Å². The van der Waals surface area contributed by atoms with Crippen LogP contribution < -0.4 is 14.8 Å². The number of nitrogens with one attached hydrogen (secondary N) is 1. The lowest BCUT2D eigenvalue weighted by atomic mass is 10.1. The molecule has 1 rings (SSSR count). The fourth-order valence-electron chi connectivity index (χ4n) is 1.84. The largest absolute Gasteiger partial charge is 0.493 e. The van der Waals surface area contributed by atoms with Crippen molar-refractivity contribution < 1.29 is 14.2 Å². The molecular weight excluding hydrogens is 230 g/mol. The minimum Gasteiger partial charge on any atom is -0.493 e. The van der Waals surface area contributed by atoms with Crippen LogP contribution in [0.4, 0.5) is 0 Å².